The summed E-state index contributed by atoms with van der Waals surface area (Å²) in [5, 5.41) is 23.2. The quantitative estimate of drug-likeness (QED) is 0.554. The molecule has 0 bridgehead atoms. The first-order chi connectivity index (χ1) is 16.4. The average molecular weight is 461 g/mol. The molecule has 8 heteroatoms. The number of piperazine rings is 1. The fraction of sp³-hybridized carbons (Fsp3) is 0.423. The van der Waals surface area contributed by atoms with E-state index in [2.05, 4.69) is 39.2 Å². The number of hydrogen-bond acceptors (Lipinski definition) is 8. The molecule has 2 aromatic carbocycles. The molecule has 1 atom stereocenters. The van der Waals surface area contributed by atoms with Gasteiger partial charge in [0, 0.05) is 44.2 Å². The molecule has 178 valence electrons. The Labute approximate surface area is 200 Å². The van der Waals surface area contributed by atoms with Crippen molar-refractivity contribution >= 4 is 22.4 Å². The summed E-state index contributed by atoms with van der Waals surface area (Å²) < 4.78 is 5.75. The molecule has 1 aliphatic heterocycles. The zero-order chi connectivity index (χ0) is 24.2. The summed E-state index contributed by atoms with van der Waals surface area (Å²) in [4.78, 5) is 14.0. The first kappa shape index (κ1) is 23.7. The molecule has 0 aliphatic carbocycles. The number of rotatable bonds is 7. The van der Waals surface area contributed by atoms with Crippen LogP contribution in [0.3, 0.4) is 0 Å². The number of fused-ring (bicyclic) bond motifs is 1. The summed E-state index contributed by atoms with van der Waals surface area (Å²) in [7, 11) is 1.69. The van der Waals surface area contributed by atoms with Gasteiger partial charge in [-0.2, -0.15) is 5.26 Å². The molecule has 4 rings (SSSR count). The minimum Gasteiger partial charge on any atom is -0.495 e. The van der Waals surface area contributed by atoms with E-state index in [1.54, 1.807) is 7.11 Å². The second kappa shape index (κ2) is 10.2. The van der Waals surface area contributed by atoms with Crippen LogP contribution >= 0.6 is 0 Å². The number of aromatic nitrogens is 2. The van der Waals surface area contributed by atoms with Crippen molar-refractivity contribution in [2.45, 2.75) is 26.8 Å². The third kappa shape index (κ3) is 4.76. The molecule has 1 aromatic heterocycles. The van der Waals surface area contributed by atoms with Gasteiger partial charge in [-0.25, -0.2) is 9.97 Å². The second-order valence-electron chi connectivity index (χ2n) is 8.71. The third-order valence-electron chi connectivity index (χ3n) is 6.55. The Hall–Kier alpha value is -3.41. The van der Waals surface area contributed by atoms with Gasteiger partial charge in [-0.15, -0.1) is 0 Å². The third-order valence-corrected chi connectivity index (χ3v) is 6.55. The van der Waals surface area contributed by atoms with Crippen molar-refractivity contribution in [2.24, 2.45) is 0 Å². The van der Waals surface area contributed by atoms with E-state index >= 15 is 0 Å². The highest BCUT2D eigenvalue weighted by atomic mass is 16.5. The summed E-state index contributed by atoms with van der Waals surface area (Å²) in [6.07, 6.45) is 0. The lowest BCUT2D eigenvalue weighted by Crippen LogP contribution is -2.47. The van der Waals surface area contributed by atoms with Crippen molar-refractivity contribution in [1.82, 2.24) is 14.9 Å². The van der Waals surface area contributed by atoms with Gasteiger partial charge in [0.1, 0.15) is 17.4 Å². The number of nitrogens with one attached hydrogen (secondary N) is 1. The predicted molar refractivity (Wildman–Crippen MR) is 134 cm³/mol. The normalized spacial score (nSPS) is 15.2. The number of benzene rings is 2. The standard InChI is InChI=1S/C26H32N6O2/c1-17-20(16-27)6-5-7-21(17)18(2)28-26-22-14-24(32-10-8-31(9-11-32)12-13-33)25(34-4)15-23(22)29-19(3)30-26/h5-7,14-15,18,33H,8-13H2,1-4H3,(H,28,29,30). The maximum absolute atomic E-state index is 9.42. The van der Waals surface area contributed by atoms with Gasteiger partial charge >= 0.3 is 0 Å². The maximum Gasteiger partial charge on any atom is 0.144 e. The molecule has 2 heterocycles. The smallest absolute Gasteiger partial charge is 0.144 e. The van der Waals surface area contributed by atoms with Crippen LogP contribution in [-0.4, -0.2) is 66.4 Å². The molecule has 0 amide bonds. The SMILES string of the molecule is COc1cc2nc(C)nc(NC(C)c3cccc(C#N)c3C)c2cc1N1CCN(CCO)CC1. The van der Waals surface area contributed by atoms with Crippen LogP contribution in [0.25, 0.3) is 10.9 Å². The molecule has 8 nitrogen and oxygen atoms in total. The van der Waals surface area contributed by atoms with Crippen LogP contribution in [0.15, 0.2) is 30.3 Å². The van der Waals surface area contributed by atoms with Gasteiger partial charge < -0.3 is 20.1 Å². The minimum atomic E-state index is -0.0432. The zero-order valence-corrected chi connectivity index (χ0v) is 20.3. The molecular weight excluding hydrogens is 428 g/mol. The lowest BCUT2D eigenvalue weighted by atomic mass is 9.98. The van der Waals surface area contributed by atoms with Crippen molar-refractivity contribution in [3.8, 4) is 11.8 Å². The number of nitriles is 1. The van der Waals surface area contributed by atoms with Gasteiger partial charge in [-0.1, -0.05) is 12.1 Å². The number of ether oxygens (including phenoxy) is 1. The van der Waals surface area contributed by atoms with Gasteiger partial charge in [0.25, 0.3) is 0 Å². The average Bonchev–Trinajstić information content (AvgIpc) is 2.84. The number of anilines is 2. The lowest BCUT2D eigenvalue weighted by Gasteiger charge is -2.36. The van der Waals surface area contributed by atoms with Crippen molar-refractivity contribution in [3.63, 3.8) is 0 Å². The number of nitrogens with zero attached hydrogens (tertiary/aromatic N) is 5. The Morgan fingerprint density at radius 1 is 1.18 bits per heavy atom. The topological polar surface area (TPSA) is 97.5 Å². The first-order valence-electron chi connectivity index (χ1n) is 11.7. The van der Waals surface area contributed by atoms with E-state index in [0.29, 0.717) is 17.9 Å². The van der Waals surface area contributed by atoms with E-state index in [1.807, 2.05) is 38.1 Å². The van der Waals surface area contributed by atoms with E-state index in [9.17, 15) is 10.4 Å². The number of methoxy groups -OCH3 is 1. The van der Waals surface area contributed by atoms with E-state index in [1.165, 1.54) is 0 Å². The lowest BCUT2D eigenvalue weighted by molar-refractivity contribution is 0.188. The Kier molecular flexibility index (Phi) is 7.15. The van der Waals surface area contributed by atoms with Crippen molar-refractivity contribution in [1.29, 1.82) is 5.26 Å². The summed E-state index contributed by atoms with van der Waals surface area (Å²) in [5.41, 5.74) is 4.57. The Bertz CT molecular complexity index is 1210. The highest BCUT2D eigenvalue weighted by Gasteiger charge is 2.22. The number of aliphatic hydroxyl groups excluding tert-OH is 1. The molecule has 1 saturated heterocycles. The molecule has 1 aliphatic rings. The molecule has 1 fully saturated rings. The van der Waals surface area contributed by atoms with Gasteiger partial charge in [0.2, 0.25) is 0 Å². The predicted octanol–water partition coefficient (Wildman–Crippen LogP) is 3.41. The van der Waals surface area contributed by atoms with Crippen LogP contribution < -0.4 is 15.0 Å². The number of aryl methyl sites for hydroxylation is 1. The largest absolute Gasteiger partial charge is 0.495 e. The highest BCUT2D eigenvalue weighted by Crippen LogP contribution is 2.36. The van der Waals surface area contributed by atoms with Crippen LogP contribution in [-0.2, 0) is 0 Å². The number of β-amino-alcohol motifs (C(OH)–C–C–N with tert-alkyl or cyclic N) is 1. The van der Waals surface area contributed by atoms with E-state index in [0.717, 1.165) is 65.5 Å². The van der Waals surface area contributed by atoms with Crippen molar-refractivity contribution < 1.29 is 9.84 Å². The van der Waals surface area contributed by atoms with Gasteiger partial charge in [-0.05, 0) is 44.0 Å². The molecule has 3 aromatic rings. The van der Waals surface area contributed by atoms with E-state index < -0.39 is 0 Å². The summed E-state index contributed by atoms with van der Waals surface area (Å²) in [6, 6.07) is 12.1. The maximum atomic E-state index is 9.42. The van der Waals surface area contributed by atoms with Gasteiger partial charge in [0.05, 0.1) is 42.6 Å². The van der Waals surface area contributed by atoms with E-state index in [4.69, 9.17) is 9.72 Å². The molecule has 2 N–H and O–H groups in total. The van der Waals surface area contributed by atoms with Crippen LogP contribution in [0.4, 0.5) is 11.5 Å². The first-order valence-corrected chi connectivity index (χ1v) is 11.7. The van der Waals surface area contributed by atoms with Crippen LogP contribution in [0.1, 0.15) is 35.5 Å². The Morgan fingerprint density at radius 3 is 2.62 bits per heavy atom. The number of hydrogen-bond donors (Lipinski definition) is 2. The van der Waals surface area contributed by atoms with Crippen LogP contribution in [0.5, 0.6) is 5.75 Å². The fourth-order valence-electron chi connectivity index (χ4n) is 4.66. The molecular formula is C26H32N6O2. The highest BCUT2D eigenvalue weighted by molar-refractivity contribution is 5.94. The monoisotopic (exact) mass is 460 g/mol. The Balaban J connectivity index is 1.70. The van der Waals surface area contributed by atoms with Gasteiger partial charge in [-0.3, -0.25) is 4.90 Å². The molecule has 34 heavy (non-hydrogen) atoms. The minimum absolute atomic E-state index is 0.0432. The van der Waals surface area contributed by atoms with Crippen LogP contribution in [0.2, 0.25) is 0 Å². The molecule has 0 radical (unpaired) electrons. The van der Waals surface area contributed by atoms with Crippen LogP contribution in [0, 0.1) is 25.2 Å². The van der Waals surface area contributed by atoms with Gasteiger partial charge in [0.15, 0.2) is 0 Å². The van der Waals surface area contributed by atoms with Crippen molar-refractivity contribution in [3.05, 3.63) is 52.8 Å². The number of aliphatic hydroxyl groups is 1. The van der Waals surface area contributed by atoms with E-state index in [-0.39, 0.29) is 12.6 Å². The molecule has 0 saturated carbocycles. The molecule has 0 spiro atoms. The summed E-state index contributed by atoms with van der Waals surface area (Å²) in [5.74, 6) is 2.23. The van der Waals surface area contributed by atoms with Crippen molar-refractivity contribution in [2.75, 3.05) is 56.7 Å². The zero-order valence-electron chi connectivity index (χ0n) is 20.3. The fourth-order valence-corrected chi connectivity index (χ4v) is 4.66. The summed E-state index contributed by atoms with van der Waals surface area (Å²) in [6.45, 7) is 10.3. The summed E-state index contributed by atoms with van der Waals surface area (Å²) >= 11 is 0. The second-order valence-corrected chi connectivity index (χ2v) is 8.71. The Morgan fingerprint density at radius 2 is 1.94 bits per heavy atom. The molecule has 1 unspecified atom stereocenters.